The summed E-state index contributed by atoms with van der Waals surface area (Å²) < 4.78 is 0. The van der Waals surface area contributed by atoms with E-state index in [4.69, 9.17) is 0 Å². The van der Waals surface area contributed by atoms with Crippen LogP contribution < -0.4 is 10.6 Å². The summed E-state index contributed by atoms with van der Waals surface area (Å²) in [5.41, 5.74) is 2.17. The third kappa shape index (κ3) is 3.87. The third-order valence-corrected chi connectivity index (χ3v) is 4.81. The molecule has 3 rings (SSSR count). The number of nitrogens with zero attached hydrogens (tertiary/aromatic N) is 1. The zero-order valence-electron chi connectivity index (χ0n) is 13.6. The molecule has 1 amide bonds. The van der Waals surface area contributed by atoms with Crippen molar-refractivity contribution in [1.29, 1.82) is 0 Å². The molecule has 2 atom stereocenters. The van der Waals surface area contributed by atoms with Gasteiger partial charge in [0.25, 0.3) is 0 Å². The average Bonchev–Trinajstić information content (AvgIpc) is 2.82. The van der Waals surface area contributed by atoms with Crippen molar-refractivity contribution in [2.45, 2.75) is 51.1 Å². The van der Waals surface area contributed by atoms with E-state index >= 15 is 0 Å². The lowest BCUT2D eigenvalue weighted by Gasteiger charge is -2.23. The first kappa shape index (κ1) is 15.5. The highest BCUT2D eigenvalue weighted by Crippen LogP contribution is 2.21. The first-order valence-electron chi connectivity index (χ1n) is 8.48. The lowest BCUT2D eigenvalue weighted by molar-refractivity contribution is -0.117. The van der Waals surface area contributed by atoms with Crippen molar-refractivity contribution in [3.63, 3.8) is 0 Å². The number of hydrogen-bond acceptors (Lipinski definition) is 3. The van der Waals surface area contributed by atoms with Gasteiger partial charge in [-0.2, -0.15) is 0 Å². The van der Waals surface area contributed by atoms with Crippen molar-refractivity contribution in [1.82, 2.24) is 10.2 Å². The van der Waals surface area contributed by atoms with Gasteiger partial charge in [-0.25, -0.2) is 0 Å². The molecule has 1 aromatic carbocycles. The van der Waals surface area contributed by atoms with Crippen molar-refractivity contribution in [2.24, 2.45) is 0 Å². The number of carbonyl (C=O) groups is 1. The second kappa shape index (κ2) is 6.80. The first-order valence-corrected chi connectivity index (χ1v) is 8.48. The molecule has 0 aromatic heterocycles. The minimum atomic E-state index is 0.0960. The van der Waals surface area contributed by atoms with Crippen LogP contribution in [0.1, 0.15) is 44.6 Å². The minimum Gasteiger partial charge on any atom is -0.325 e. The molecule has 0 radical (unpaired) electrons. The number of carbonyl (C=O) groups excluding carboxylic acids is 1. The Labute approximate surface area is 133 Å². The summed E-state index contributed by atoms with van der Waals surface area (Å²) in [6.07, 6.45) is 3.71. The molecule has 0 spiro atoms. The molecule has 2 bridgehead atoms. The van der Waals surface area contributed by atoms with E-state index < -0.39 is 0 Å². The van der Waals surface area contributed by atoms with E-state index in [1.54, 1.807) is 0 Å². The molecule has 4 heteroatoms. The van der Waals surface area contributed by atoms with Gasteiger partial charge in [0.2, 0.25) is 5.91 Å². The summed E-state index contributed by atoms with van der Waals surface area (Å²) in [6, 6.07) is 9.41. The molecule has 120 valence electrons. The van der Waals surface area contributed by atoms with Crippen LogP contribution in [-0.4, -0.2) is 42.5 Å². The third-order valence-electron chi connectivity index (χ3n) is 4.81. The van der Waals surface area contributed by atoms with E-state index in [2.05, 4.69) is 41.5 Å². The van der Waals surface area contributed by atoms with E-state index in [-0.39, 0.29) is 5.91 Å². The fourth-order valence-corrected chi connectivity index (χ4v) is 3.54. The zero-order valence-corrected chi connectivity index (χ0v) is 13.6. The molecular formula is C18H27N3O. The molecule has 2 fully saturated rings. The number of anilines is 1. The fourth-order valence-electron chi connectivity index (χ4n) is 3.54. The molecule has 2 N–H and O–H groups in total. The van der Waals surface area contributed by atoms with Gasteiger partial charge in [-0.1, -0.05) is 26.0 Å². The Morgan fingerprint density at radius 2 is 2.14 bits per heavy atom. The van der Waals surface area contributed by atoms with Crippen LogP contribution in [0, 0.1) is 0 Å². The lowest BCUT2D eigenvalue weighted by Crippen LogP contribution is -2.39. The van der Waals surface area contributed by atoms with Crippen LogP contribution in [0.25, 0.3) is 0 Å². The van der Waals surface area contributed by atoms with Gasteiger partial charge in [0.15, 0.2) is 0 Å². The fraction of sp³-hybridized carbons (Fsp3) is 0.611. The number of benzene rings is 1. The highest BCUT2D eigenvalue weighted by Gasteiger charge is 2.29. The van der Waals surface area contributed by atoms with Crippen LogP contribution in [0.5, 0.6) is 0 Å². The topological polar surface area (TPSA) is 44.4 Å². The first-order chi connectivity index (χ1) is 10.6. The molecule has 2 heterocycles. The molecule has 22 heavy (non-hydrogen) atoms. The molecule has 2 saturated heterocycles. The summed E-state index contributed by atoms with van der Waals surface area (Å²) in [7, 11) is 0. The quantitative estimate of drug-likeness (QED) is 0.898. The van der Waals surface area contributed by atoms with Crippen LogP contribution in [0.2, 0.25) is 0 Å². The minimum absolute atomic E-state index is 0.0960. The van der Waals surface area contributed by atoms with Gasteiger partial charge >= 0.3 is 0 Å². The Hall–Kier alpha value is -1.39. The van der Waals surface area contributed by atoms with Crippen LogP contribution >= 0.6 is 0 Å². The predicted octanol–water partition coefficient (Wildman–Crippen LogP) is 2.57. The van der Waals surface area contributed by atoms with Crippen LogP contribution in [0.15, 0.2) is 24.3 Å². The predicted molar refractivity (Wildman–Crippen MR) is 90.2 cm³/mol. The normalized spacial score (nSPS) is 25.2. The molecule has 2 unspecified atom stereocenters. The van der Waals surface area contributed by atoms with E-state index in [9.17, 15) is 4.79 Å². The summed E-state index contributed by atoms with van der Waals surface area (Å²) in [6.45, 7) is 6.85. The largest absolute Gasteiger partial charge is 0.325 e. The molecule has 0 aliphatic carbocycles. The number of likely N-dealkylation sites (tertiary alicyclic amines) is 1. The maximum absolute atomic E-state index is 12.3. The Morgan fingerprint density at radius 3 is 2.95 bits per heavy atom. The highest BCUT2D eigenvalue weighted by atomic mass is 16.2. The number of amides is 1. The van der Waals surface area contributed by atoms with Crippen molar-refractivity contribution in [2.75, 3.05) is 25.0 Å². The van der Waals surface area contributed by atoms with E-state index in [0.29, 0.717) is 24.5 Å². The Kier molecular flexibility index (Phi) is 4.79. The van der Waals surface area contributed by atoms with E-state index in [0.717, 1.165) is 25.2 Å². The maximum Gasteiger partial charge on any atom is 0.238 e. The molecule has 0 saturated carbocycles. The zero-order chi connectivity index (χ0) is 15.5. The lowest BCUT2D eigenvalue weighted by atomic mass is 10.0. The summed E-state index contributed by atoms with van der Waals surface area (Å²) in [5, 5.41) is 6.70. The van der Waals surface area contributed by atoms with Gasteiger partial charge in [-0.05, 0) is 42.9 Å². The molecule has 2 aliphatic heterocycles. The second-order valence-electron chi connectivity index (χ2n) is 6.99. The van der Waals surface area contributed by atoms with Crippen molar-refractivity contribution in [3.05, 3.63) is 29.8 Å². The summed E-state index contributed by atoms with van der Waals surface area (Å²) in [5.74, 6) is 0.572. The number of hydrogen-bond donors (Lipinski definition) is 2. The highest BCUT2D eigenvalue weighted by molar-refractivity contribution is 5.92. The van der Waals surface area contributed by atoms with Gasteiger partial charge in [-0.3, -0.25) is 9.69 Å². The van der Waals surface area contributed by atoms with Crippen LogP contribution in [-0.2, 0) is 4.79 Å². The SMILES string of the molecule is CC(C)c1cccc(NC(=O)CN2CCC3CCC(C2)N3)c1. The van der Waals surface area contributed by atoms with Crippen molar-refractivity contribution in [3.8, 4) is 0 Å². The molecular weight excluding hydrogens is 274 g/mol. The van der Waals surface area contributed by atoms with Crippen molar-refractivity contribution >= 4 is 11.6 Å². The monoisotopic (exact) mass is 301 g/mol. The van der Waals surface area contributed by atoms with Crippen LogP contribution in [0.4, 0.5) is 5.69 Å². The van der Waals surface area contributed by atoms with Gasteiger partial charge in [0.1, 0.15) is 0 Å². The Bertz CT molecular complexity index is 529. The molecule has 4 nitrogen and oxygen atoms in total. The molecule has 1 aromatic rings. The Morgan fingerprint density at radius 1 is 1.32 bits per heavy atom. The Balaban J connectivity index is 1.55. The number of nitrogens with one attached hydrogen (secondary N) is 2. The smallest absolute Gasteiger partial charge is 0.238 e. The van der Waals surface area contributed by atoms with E-state index in [1.807, 2.05) is 12.1 Å². The van der Waals surface area contributed by atoms with Crippen LogP contribution in [0.3, 0.4) is 0 Å². The van der Waals surface area contributed by atoms with Gasteiger partial charge in [0, 0.05) is 30.9 Å². The number of fused-ring (bicyclic) bond motifs is 2. The second-order valence-corrected chi connectivity index (χ2v) is 6.99. The summed E-state index contributed by atoms with van der Waals surface area (Å²) in [4.78, 5) is 14.6. The number of rotatable bonds is 4. The van der Waals surface area contributed by atoms with Crippen molar-refractivity contribution < 1.29 is 4.79 Å². The van der Waals surface area contributed by atoms with Gasteiger partial charge in [-0.15, -0.1) is 0 Å². The maximum atomic E-state index is 12.3. The summed E-state index contributed by atoms with van der Waals surface area (Å²) >= 11 is 0. The molecule has 2 aliphatic rings. The van der Waals surface area contributed by atoms with Gasteiger partial charge < -0.3 is 10.6 Å². The average molecular weight is 301 g/mol. The standard InChI is InChI=1S/C18H27N3O/c1-13(2)14-4-3-5-16(10-14)20-18(22)12-21-9-8-15-6-7-17(11-21)19-15/h3-5,10,13,15,17,19H,6-9,11-12H2,1-2H3,(H,20,22). The van der Waals surface area contributed by atoms with E-state index in [1.165, 1.54) is 18.4 Å². The van der Waals surface area contributed by atoms with Gasteiger partial charge in [0.05, 0.1) is 6.54 Å².